The fourth-order valence-corrected chi connectivity index (χ4v) is 2.21. The molecule has 0 atom stereocenters. The van der Waals surface area contributed by atoms with Gasteiger partial charge in [0.2, 0.25) is 5.95 Å². The molecule has 1 fully saturated rings. The number of alkyl halides is 3. The van der Waals surface area contributed by atoms with Crippen molar-refractivity contribution in [3.05, 3.63) is 11.8 Å². The number of hydrazine groups is 1. The van der Waals surface area contributed by atoms with E-state index in [2.05, 4.69) is 15.4 Å². The van der Waals surface area contributed by atoms with Crippen LogP contribution in [0, 0.1) is 12.8 Å². The number of halogens is 3. The Morgan fingerprint density at radius 1 is 1.32 bits per heavy atom. The fraction of sp³-hybridized carbons (Fsp3) is 0.636. The van der Waals surface area contributed by atoms with Crippen LogP contribution in [0.1, 0.15) is 18.5 Å². The van der Waals surface area contributed by atoms with Gasteiger partial charge in [0.15, 0.2) is 0 Å². The SMILES string of the molecule is Cc1cc(N2CCC(C(F)(F)F)CC2)nc(NN)n1. The smallest absolute Gasteiger partial charge is 0.356 e. The molecule has 0 bridgehead atoms. The van der Waals surface area contributed by atoms with Gasteiger partial charge in [0.25, 0.3) is 0 Å². The van der Waals surface area contributed by atoms with Crippen LogP contribution < -0.4 is 16.2 Å². The number of anilines is 2. The molecule has 106 valence electrons. The Hall–Kier alpha value is -1.57. The second-order valence-corrected chi connectivity index (χ2v) is 4.64. The van der Waals surface area contributed by atoms with Gasteiger partial charge in [-0.25, -0.2) is 10.8 Å². The molecule has 0 spiro atoms. The van der Waals surface area contributed by atoms with Gasteiger partial charge < -0.3 is 4.90 Å². The minimum absolute atomic E-state index is 0.0952. The molecule has 19 heavy (non-hydrogen) atoms. The number of nitrogens with zero attached hydrogens (tertiary/aromatic N) is 3. The summed E-state index contributed by atoms with van der Waals surface area (Å²) in [7, 11) is 0. The van der Waals surface area contributed by atoms with Crippen molar-refractivity contribution in [1.29, 1.82) is 0 Å². The molecule has 0 amide bonds. The summed E-state index contributed by atoms with van der Waals surface area (Å²) in [6, 6.07) is 1.74. The van der Waals surface area contributed by atoms with Gasteiger partial charge in [-0.15, -0.1) is 0 Å². The molecular formula is C11H16F3N5. The van der Waals surface area contributed by atoms with Crippen molar-refractivity contribution >= 4 is 11.8 Å². The Morgan fingerprint density at radius 3 is 2.47 bits per heavy atom. The van der Waals surface area contributed by atoms with E-state index in [4.69, 9.17) is 5.84 Å². The van der Waals surface area contributed by atoms with Gasteiger partial charge in [-0.2, -0.15) is 18.2 Å². The number of hydrogen-bond donors (Lipinski definition) is 2. The van der Waals surface area contributed by atoms with E-state index < -0.39 is 12.1 Å². The second kappa shape index (κ2) is 5.20. The van der Waals surface area contributed by atoms with Gasteiger partial charge in [0.1, 0.15) is 5.82 Å². The summed E-state index contributed by atoms with van der Waals surface area (Å²) < 4.78 is 37.7. The van der Waals surface area contributed by atoms with Crippen molar-refractivity contribution in [3.8, 4) is 0 Å². The third-order valence-corrected chi connectivity index (χ3v) is 3.25. The molecule has 0 aliphatic carbocycles. The first-order chi connectivity index (χ1) is 8.90. The standard InChI is InChI=1S/C11H16F3N5/c1-7-6-9(17-10(16-7)18-15)19-4-2-8(3-5-19)11(12,13)14/h6,8H,2-5,15H2,1H3,(H,16,17,18). The van der Waals surface area contributed by atoms with E-state index in [9.17, 15) is 13.2 Å². The summed E-state index contributed by atoms with van der Waals surface area (Å²) in [6.07, 6.45) is -3.91. The zero-order valence-electron chi connectivity index (χ0n) is 10.5. The normalized spacial score (nSPS) is 17.6. The molecule has 1 aliphatic rings. The maximum Gasteiger partial charge on any atom is 0.391 e. The number of hydrogen-bond acceptors (Lipinski definition) is 5. The summed E-state index contributed by atoms with van der Waals surface area (Å²) in [5.74, 6) is 4.93. The Kier molecular flexibility index (Phi) is 3.79. The molecule has 0 radical (unpaired) electrons. The van der Waals surface area contributed by atoms with Gasteiger partial charge in [0, 0.05) is 24.8 Å². The molecule has 1 aromatic rings. The third-order valence-electron chi connectivity index (χ3n) is 3.25. The zero-order chi connectivity index (χ0) is 14.0. The first kappa shape index (κ1) is 13.9. The molecular weight excluding hydrogens is 259 g/mol. The number of aromatic nitrogens is 2. The van der Waals surface area contributed by atoms with Gasteiger partial charge in [0.05, 0.1) is 5.92 Å². The topological polar surface area (TPSA) is 67.1 Å². The predicted octanol–water partition coefficient (Wildman–Crippen LogP) is 1.85. The summed E-state index contributed by atoms with van der Waals surface area (Å²) in [5, 5.41) is 0. The summed E-state index contributed by atoms with van der Waals surface area (Å²) >= 11 is 0. The molecule has 5 nitrogen and oxygen atoms in total. The van der Waals surface area contributed by atoms with Crippen molar-refractivity contribution in [2.75, 3.05) is 23.4 Å². The Morgan fingerprint density at radius 2 is 1.95 bits per heavy atom. The lowest BCUT2D eigenvalue weighted by Gasteiger charge is -2.33. The Balaban J connectivity index is 2.07. The minimum Gasteiger partial charge on any atom is -0.356 e. The van der Waals surface area contributed by atoms with E-state index in [0.29, 0.717) is 18.9 Å². The number of nitrogen functional groups attached to an aromatic ring is 1. The molecule has 8 heteroatoms. The van der Waals surface area contributed by atoms with E-state index in [-0.39, 0.29) is 18.8 Å². The Bertz CT molecular complexity index is 440. The zero-order valence-corrected chi connectivity index (χ0v) is 10.5. The lowest BCUT2D eigenvalue weighted by atomic mass is 9.96. The monoisotopic (exact) mass is 275 g/mol. The number of nitrogens with two attached hydrogens (primary N) is 1. The molecule has 2 rings (SSSR count). The van der Waals surface area contributed by atoms with Crippen LogP contribution in [0.5, 0.6) is 0 Å². The highest BCUT2D eigenvalue weighted by molar-refractivity contribution is 5.44. The largest absolute Gasteiger partial charge is 0.391 e. The summed E-state index contributed by atoms with van der Waals surface area (Å²) in [4.78, 5) is 10.0. The maximum atomic E-state index is 12.6. The van der Waals surface area contributed by atoms with Crippen molar-refractivity contribution in [2.24, 2.45) is 11.8 Å². The molecule has 1 aliphatic heterocycles. The number of piperidine rings is 1. The average Bonchev–Trinajstić information content (AvgIpc) is 2.37. The van der Waals surface area contributed by atoms with Crippen LogP contribution >= 0.6 is 0 Å². The predicted molar refractivity (Wildman–Crippen MR) is 65.6 cm³/mol. The Labute approximate surface area is 109 Å². The van der Waals surface area contributed by atoms with Crippen molar-refractivity contribution in [3.63, 3.8) is 0 Å². The minimum atomic E-state index is -4.10. The van der Waals surface area contributed by atoms with E-state index in [1.807, 2.05) is 4.90 Å². The first-order valence-electron chi connectivity index (χ1n) is 6.04. The van der Waals surface area contributed by atoms with Crippen LogP contribution in [0.25, 0.3) is 0 Å². The van der Waals surface area contributed by atoms with Gasteiger partial charge in [-0.05, 0) is 19.8 Å². The molecule has 1 saturated heterocycles. The maximum absolute atomic E-state index is 12.6. The van der Waals surface area contributed by atoms with Crippen molar-refractivity contribution in [2.45, 2.75) is 25.9 Å². The molecule has 0 aromatic carbocycles. The molecule has 1 aromatic heterocycles. The number of aryl methyl sites for hydroxylation is 1. The summed E-state index contributed by atoms with van der Waals surface area (Å²) in [6.45, 7) is 2.46. The van der Waals surface area contributed by atoms with Crippen LogP contribution in [-0.2, 0) is 0 Å². The van der Waals surface area contributed by atoms with E-state index >= 15 is 0 Å². The quantitative estimate of drug-likeness (QED) is 0.637. The van der Waals surface area contributed by atoms with Crippen molar-refractivity contribution < 1.29 is 13.2 Å². The fourth-order valence-electron chi connectivity index (χ4n) is 2.21. The van der Waals surface area contributed by atoms with E-state index in [1.54, 1.807) is 13.0 Å². The summed E-state index contributed by atoms with van der Waals surface area (Å²) in [5.41, 5.74) is 3.07. The average molecular weight is 275 g/mol. The molecule has 0 saturated carbocycles. The highest BCUT2D eigenvalue weighted by Crippen LogP contribution is 2.35. The number of nitrogens with one attached hydrogen (secondary N) is 1. The molecule has 3 N–H and O–H groups in total. The highest BCUT2D eigenvalue weighted by atomic mass is 19.4. The van der Waals surface area contributed by atoms with E-state index in [0.717, 1.165) is 5.69 Å². The molecule has 0 unspecified atom stereocenters. The second-order valence-electron chi connectivity index (χ2n) is 4.64. The van der Waals surface area contributed by atoms with Crippen LogP contribution in [0.4, 0.5) is 24.9 Å². The van der Waals surface area contributed by atoms with Gasteiger partial charge >= 0.3 is 6.18 Å². The van der Waals surface area contributed by atoms with Crippen LogP contribution in [0.3, 0.4) is 0 Å². The van der Waals surface area contributed by atoms with Gasteiger partial charge in [-0.1, -0.05) is 0 Å². The molecule has 2 heterocycles. The van der Waals surface area contributed by atoms with Crippen LogP contribution in [-0.4, -0.2) is 29.2 Å². The van der Waals surface area contributed by atoms with Crippen LogP contribution in [0.2, 0.25) is 0 Å². The van der Waals surface area contributed by atoms with E-state index in [1.165, 1.54) is 0 Å². The van der Waals surface area contributed by atoms with Crippen molar-refractivity contribution in [1.82, 2.24) is 9.97 Å². The first-order valence-corrected chi connectivity index (χ1v) is 6.04. The highest BCUT2D eigenvalue weighted by Gasteiger charge is 2.41. The number of rotatable bonds is 2. The third kappa shape index (κ3) is 3.25. The van der Waals surface area contributed by atoms with Gasteiger partial charge in [-0.3, -0.25) is 5.43 Å². The lowest BCUT2D eigenvalue weighted by Crippen LogP contribution is -2.39. The lowest BCUT2D eigenvalue weighted by molar-refractivity contribution is -0.179. The van der Waals surface area contributed by atoms with Crippen LogP contribution in [0.15, 0.2) is 6.07 Å².